The predicted octanol–water partition coefficient (Wildman–Crippen LogP) is 5.46. The van der Waals surface area contributed by atoms with Crippen LogP contribution in [0.25, 0.3) is 0 Å². The van der Waals surface area contributed by atoms with Crippen LogP contribution >= 0.6 is 0 Å². The monoisotopic (exact) mass is 416 g/mol. The number of pyridine rings is 1. The Hall–Kier alpha value is -1.99. The van der Waals surface area contributed by atoms with E-state index in [-0.39, 0.29) is 30.2 Å². The van der Waals surface area contributed by atoms with Gasteiger partial charge in [-0.25, -0.2) is 9.78 Å². The molecule has 0 radical (unpaired) electrons. The molecule has 0 aromatic carbocycles. The third-order valence-corrected chi connectivity index (χ3v) is 4.96. The molecule has 164 valence electrons. The maximum atomic E-state index is 12.8. The highest BCUT2D eigenvalue weighted by Crippen LogP contribution is 2.47. The number of aryl methyl sites for hydroxylation is 1. The molecule has 1 saturated carbocycles. The number of amides is 1. The fourth-order valence-corrected chi connectivity index (χ4v) is 3.49. The molecule has 1 aliphatic heterocycles. The normalized spacial score (nSPS) is 23.5. The van der Waals surface area contributed by atoms with E-state index in [9.17, 15) is 18.0 Å². The maximum absolute atomic E-state index is 12.8. The molecule has 1 saturated heterocycles. The standard InChI is InChI=1S/C19H25F3N2O3.C2H6/c1-11-5-16(23-8-15(11)19(20,21)22)26-10-14-7-12-6-13(12)9-24(14)17(25)27-18(2,3)4;1-2/h5,8,12-14H,6-7,9-10H2,1-4H3;1-2H3. The minimum atomic E-state index is -4.44. The van der Waals surface area contributed by atoms with E-state index in [2.05, 4.69) is 4.98 Å². The van der Waals surface area contributed by atoms with E-state index in [0.29, 0.717) is 18.4 Å². The van der Waals surface area contributed by atoms with E-state index in [4.69, 9.17) is 9.47 Å². The Morgan fingerprint density at radius 2 is 1.86 bits per heavy atom. The molecule has 2 fully saturated rings. The van der Waals surface area contributed by atoms with Crippen molar-refractivity contribution in [1.29, 1.82) is 0 Å². The number of aromatic nitrogens is 1. The number of piperidine rings is 1. The SMILES string of the molecule is CC.Cc1cc(OCC2CC3CC3CN2C(=O)OC(C)(C)C)ncc1C(F)(F)F. The first-order valence-corrected chi connectivity index (χ1v) is 10.1. The second-order valence-electron chi connectivity index (χ2n) is 8.42. The third-order valence-electron chi connectivity index (χ3n) is 4.96. The zero-order chi connectivity index (χ0) is 22.0. The van der Waals surface area contributed by atoms with Gasteiger partial charge in [0.25, 0.3) is 0 Å². The fourth-order valence-electron chi connectivity index (χ4n) is 3.49. The number of carbonyl (C=O) groups excluding carboxylic acids is 1. The Morgan fingerprint density at radius 3 is 2.41 bits per heavy atom. The zero-order valence-electron chi connectivity index (χ0n) is 18.0. The van der Waals surface area contributed by atoms with Gasteiger partial charge < -0.3 is 14.4 Å². The van der Waals surface area contributed by atoms with E-state index in [1.54, 1.807) is 4.90 Å². The first kappa shape index (κ1) is 23.3. The lowest BCUT2D eigenvalue weighted by Crippen LogP contribution is -2.49. The molecule has 1 aromatic heterocycles. The molecule has 3 rings (SSSR count). The average molecular weight is 416 g/mol. The van der Waals surface area contributed by atoms with Crippen LogP contribution in [0.1, 0.15) is 58.6 Å². The molecular formula is C21H31F3N2O3. The smallest absolute Gasteiger partial charge is 0.418 e. The number of halogens is 3. The Kier molecular flexibility index (Phi) is 7.06. The topological polar surface area (TPSA) is 51.7 Å². The lowest BCUT2D eigenvalue weighted by molar-refractivity contribution is -0.138. The number of nitrogens with zero attached hydrogens (tertiary/aromatic N) is 2. The third kappa shape index (κ3) is 6.24. The van der Waals surface area contributed by atoms with Crippen LogP contribution in [0.3, 0.4) is 0 Å². The van der Waals surface area contributed by atoms with Crippen LogP contribution in [0.5, 0.6) is 5.88 Å². The highest BCUT2D eigenvalue weighted by atomic mass is 19.4. The van der Waals surface area contributed by atoms with Crippen LogP contribution in [0.4, 0.5) is 18.0 Å². The second kappa shape index (κ2) is 8.79. The van der Waals surface area contributed by atoms with E-state index in [1.807, 2.05) is 34.6 Å². The molecule has 3 unspecified atom stereocenters. The highest BCUT2D eigenvalue weighted by molar-refractivity contribution is 5.69. The lowest BCUT2D eigenvalue weighted by Gasteiger charge is -2.36. The van der Waals surface area contributed by atoms with Crippen molar-refractivity contribution in [2.75, 3.05) is 13.2 Å². The van der Waals surface area contributed by atoms with Crippen molar-refractivity contribution in [3.05, 3.63) is 23.4 Å². The lowest BCUT2D eigenvalue weighted by atomic mass is 10.0. The Labute approximate surface area is 170 Å². The minimum Gasteiger partial charge on any atom is -0.475 e. The molecule has 0 bridgehead atoms. The molecule has 1 aliphatic carbocycles. The quantitative estimate of drug-likeness (QED) is 0.657. The first-order chi connectivity index (χ1) is 13.4. The number of likely N-dealkylation sites (tertiary alicyclic amines) is 1. The zero-order valence-corrected chi connectivity index (χ0v) is 18.0. The molecule has 2 aliphatic rings. The number of hydrogen-bond acceptors (Lipinski definition) is 4. The molecule has 29 heavy (non-hydrogen) atoms. The van der Waals surface area contributed by atoms with Gasteiger partial charge in [-0.3, -0.25) is 0 Å². The van der Waals surface area contributed by atoms with Crippen molar-refractivity contribution < 1.29 is 27.4 Å². The number of alkyl halides is 3. The van der Waals surface area contributed by atoms with Crippen molar-refractivity contribution in [2.45, 2.75) is 72.2 Å². The first-order valence-electron chi connectivity index (χ1n) is 10.1. The summed E-state index contributed by atoms with van der Waals surface area (Å²) in [7, 11) is 0. The van der Waals surface area contributed by atoms with E-state index >= 15 is 0 Å². The second-order valence-corrected chi connectivity index (χ2v) is 8.42. The molecule has 8 heteroatoms. The average Bonchev–Trinajstić information content (AvgIpc) is 3.36. The van der Waals surface area contributed by atoms with Gasteiger partial charge in [0.05, 0.1) is 11.6 Å². The summed E-state index contributed by atoms with van der Waals surface area (Å²) < 4.78 is 49.7. The Bertz CT molecular complexity index is 716. The van der Waals surface area contributed by atoms with Gasteiger partial charge in [0.2, 0.25) is 5.88 Å². The van der Waals surface area contributed by atoms with Crippen molar-refractivity contribution in [3.63, 3.8) is 0 Å². The molecule has 3 atom stereocenters. The number of carbonyl (C=O) groups is 1. The van der Waals surface area contributed by atoms with Crippen LogP contribution in [0.15, 0.2) is 12.3 Å². The Balaban J connectivity index is 0.00000145. The number of hydrogen-bond donors (Lipinski definition) is 0. The molecule has 5 nitrogen and oxygen atoms in total. The summed E-state index contributed by atoms with van der Waals surface area (Å²) in [6.45, 7) is 11.6. The fraction of sp³-hybridized carbons (Fsp3) is 0.714. The van der Waals surface area contributed by atoms with Crippen LogP contribution in [-0.4, -0.2) is 40.8 Å². The number of fused-ring (bicyclic) bond motifs is 1. The summed E-state index contributed by atoms with van der Waals surface area (Å²) in [6.07, 6.45) is -2.13. The summed E-state index contributed by atoms with van der Waals surface area (Å²) >= 11 is 0. The van der Waals surface area contributed by atoms with Crippen LogP contribution in [0, 0.1) is 18.8 Å². The van der Waals surface area contributed by atoms with Crippen molar-refractivity contribution >= 4 is 6.09 Å². The van der Waals surface area contributed by atoms with Gasteiger partial charge in [0.1, 0.15) is 12.2 Å². The summed E-state index contributed by atoms with van der Waals surface area (Å²) in [6, 6.07) is 1.11. The largest absolute Gasteiger partial charge is 0.475 e. The van der Waals surface area contributed by atoms with Gasteiger partial charge in [0, 0.05) is 18.8 Å². The number of ether oxygens (including phenoxy) is 2. The van der Waals surface area contributed by atoms with Gasteiger partial charge in [-0.05, 0) is 57.9 Å². The predicted molar refractivity (Wildman–Crippen MR) is 104 cm³/mol. The molecular weight excluding hydrogens is 385 g/mol. The van der Waals surface area contributed by atoms with Crippen LogP contribution in [-0.2, 0) is 10.9 Å². The van der Waals surface area contributed by atoms with Gasteiger partial charge in [-0.2, -0.15) is 13.2 Å². The van der Waals surface area contributed by atoms with Crippen LogP contribution < -0.4 is 4.74 Å². The van der Waals surface area contributed by atoms with Crippen molar-refractivity contribution in [2.24, 2.45) is 11.8 Å². The Morgan fingerprint density at radius 1 is 1.21 bits per heavy atom. The van der Waals surface area contributed by atoms with Gasteiger partial charge in [-0.15, -0.1) is 0 Å². The van der Waals surface area contributed by atoms with E-state index in [0.717, 1.165) is 19.0 Å². The molecule has 0 spiro atoms. The van der Waals surface area contributed by atoms with Gasteiger partial charge in [-0.1, -0.05) is 13.8 Å². The molecule has 0 N–H and O–H groups in total. The summed E-state index contributed by atoms with van der Waals surface area (Å²) in [5.74, 6) is 1.22. The van der Waals surface area contributed by atoms with Gasteiger partial charge >= 0.3 is 12.3 Å². The summed E-state index contributed by atoms with van der Waals surface area (Å²) in [5.41, 5.74) is -1.30. The van der Waals surface area contributed by atoms with E-state index in [1.165, 1.54) is 13.0 Å². The minimum absolute atomic E-state index is 0.0578. The molecule has 1 aromatic rings. The highest BCUT2D eigenvalue weighted by Gasteiger charge is 2.48. The van der Waals surface area contributed by atoms with Crippen molar-refractivity contribution in [3.8, 4) is 5.88 Å². The summed E-state index contributed by atoms with van der Waals surface area (Å²) in [5, 5.41) is 0. The maximum Gasteiger partial charge on any atom is 0.418 e. The van der Waals surface area contributed by atoms with Crippen LogP contribution in [0.2, 0.25) is 0 Å². The van der Waals surface area contributed by atoms with Crippen molar-refractivity contribution in [1.82, 2.24) is 9.88 Å². The number of rotatable bonds is 3. The van der Waals surface area contributed by atoms with E-state index < -0.39 is 17.3 Å². The van der Waals surface area contributed by atoms with Gasteiger partial charge in [0.15, 0.2) is 0 Å². The molecule has 2 heterocycles. The summed E-state index contributed by atoms with van der Waals surface area (Å²) in [4.78, 5) is 18.0. The molecule has 1 amide bonds.